The number of nitrogens with one attached hydrogen (secondary N) is 3. The van der Waals surface area contributed by atoms with E-state index in [-0.39, 0.29) is 17.0 Å². The molecular formula is C22H25N5O4S. The van der Waals surface area contributed by atoms with E-state index in [4.69, 9.17) is 0 Å². The van der Waals surface area contributed by atoms with Gasteiger partial charge in [0, 0.05) is 43.0 Å². The lowest BCUT2D eigenvalue weighted by Crippen LogP contribution is -2.30. The lowest BCUT2D eigenvalue weighted by Gasteiger charge is -2.11. The molecule has 0 atom stereocenters. The number of likely N-dealkylation sites (tertiary alicyclic amines) is 1. The van der Waals surface area contributed by atoms with E-state index < -0.39 is 15.9 Å². The van der Waals surface area contributed by atoms with Gasteiger partial charge < -0.3 is 20.9 Å². The fourth-order valence-electron chi connectivity index (χ4n) is 3.32. The standard InChI is InChI=1S/C22H25N5O4S/c1-27-13-3-6-20(27)26-32(30,31)19-5-2-4-18(14-19)23-21(28)15-7-9-16(10-8-15)24-22(29)25-17-11-12-17/h2,4-5,7-10,14,17H,3,6,11-13H2,1H3,(H,23,28)(H2,24,25,29). The van der Waals surface area contributed by atoms with Gasteiger partial charge in [0.25, 0.3) is 15.9 Å². The van der Waals surface area contributed by atoms with Crippen molar-refractivity contribution in [3.05, 3.63) is 54.1 Å². The number of amidine groups is 1. The van der Waals surface area contributed by atoms with Gasteiger partial charge >= 0.3 is 6.03 Å². The van der Waals surface area contributed by atoms with Gasteiger partial charge in [0.2, 0.25) is 0 Å². The van der Waals surface area contributed by atoms with Crippen molar-refractivity contribution in [1.82, 2.24) is 10.2 Å². The maximum atomic E-state index is 12.7. The maximum absolute atomic E-state index is 12.7. The zero-order valence-electron chi connectivity index (χ0n) is 17.7. The first-order chi connectivity index (χ1) is 15.3. The van der Waals surface area contributed by atoms with Crippen LogP contribution in [0, 0.1) is 0 Å². The van der Waals surface area contributed by atoms with E-state index >= 15 is 0 Å². The average molecular weight is 456 g/mol. The first-order valence-corrected chi connectivity index (χ1v) is 11.9. The van der Waals surface area contributed by atoms with Crippen molar-refractivity contribution in [3.8, 4) is 0 Å². The fourth-order valence-corrected chi connectivity index (χ4v) is 4.46. The molecular weight excluding hydrogens is 430 g/mol. The number of hydrogen-bond acceptors (Lipinski definition) is 4. The van der Waals surface area contributed by atoms with E-state index in [1.165, 1.54) is 12.1 Å². The fraction of sp³-hybridized carbons (Fsp3) is 0.318. The molecule has 1 aliphatic carbocycles. The zero-order valence-corrected chi connectivity index (χ0v) is 18.5. The summed E-state index contributed by atoms with van der Waals surface area (Å²) < 4.78 is 29.3. The molecule has 1 aliphatic heterocycles. The number of urea groups is 1. The van der Waals surface area contributed by atoms with Crippen LogP contribution in [0.4, 0.5) is 16.2 Å². The number of amides is 3. The number of sulfonamides is 1. The van der Waals surface area contributed by atoms with Crippen LogP contribution in [0.3, 0.4) is 0 Å². The second-order valence-electron chi connectivity index (χ2n) is 7.94. The van der Waals surface area contributed by atoms with Gasteiger partial charge in [0.15, 0.2) is 0 Å². The summed E-state index contributed by atoms with van der Waals surface area (Å²) in [5, 5.41) is 8.25. The van der Waals surface area contributed by atoms with Crippen molar-refractivity contribution in [1.29, 1.82) is 0 Å². The van der Waals surface area contributed by atoms with Crippen LogP contribution < -0.4 is 16.0 Å². The SMILES string of the molecule is CN1CCCC1=NS(=O)(=O)c1cccc(NC(=O)c2ccc(NC(=O)NC3CC3)cc2)c1. The molecule has 0 aromatic heterocycles. The molecule has 0 bridgehead atoms. The van der Waals surface area contributed by atoms with E-state index in [1.807, 2.05) is 11.9 Å². The molecule has 0 unspecified atom stereocenters. The van der Waals surface area contributed by atoms with Crippen LogP contribution in [0.15, 0.2) is 57.8 Å². The van der Waals surface area contributed by atoms with Crippen LogP contribution in [-0.4, -0.2) is 50.7 Å². The molecule has 4 rings (SSSR count). The topological polar surface area (TPSA) is 120 Å². The summed E-state index contributed by atoms with van der Waals surface area (Å²) in [6.45, 7) is 0.782. The molecule has 2 aliphatic rings. The van der Waals surface area contributed by atoms with Crippen LogP contribution in [0.1, 0.15) is 36.0 Å². The van der Waals surface area contributed by atoms with Gasteiger partial charge in [0.1, 0.15) is 5.84 Å². The van der Waals surface area contributed by atoms with E-state index in [0.29, 0.717) is 29.2 Å². The molecule has 1 heterocycles. The largest absolute Gasteiger partial charge is 0.362 e. The third-order valence-corrected chi connectivity index (χ3v) is 6.57. The van der Waals surface area contributed by atoms with Gasteiger partial charge in [-0.3, -0.25) is 4.79 Å². The first-order valence-electron chi connectivity index (χ1n) is 10.4. The van der Waals surface area contributed by atoms with Gasteiger partial charge in [-0.15, -0.1) is 4.40 Å². The summed E-state index contributed by atoms with van der Waals surface area (Å²) in [4.78, 5) is 26.2. The highest BCUT2D eigenvalue weighted by molar-refractivity contribution is 7.90. The monoisotopic (exact) mass is 455 g/mol. The quantitative estimate of drug-likeness (QED) is 0.618. The molecule has 10 heteroatoms. The van der Waals surface area contributed by atoms with Crippen LogP contribution in [0.25, 0.3) is 0 Å². The van der Waals surface area contributed by atoms with E-state index in [1.54, 1.807) is 36.4 Å². The number of carbonyl (C=O) groups excluding carboxylic acids is 2. The average Bonchev–Trinajstić information content (AvgIpc) is 3.48. The molecule has 0 radical (unpaired) electrons. The zero-order chi connectivity index (χ0) is 22.7. The third kappa shape index (κ3) is 5.44. The van der Waals surface area contributed by atoms with Crippen LogP contribution in [0.2, 0.25) is 0 Å². The van der Waals surface area contributed by atoms with Crippen molar-refractivity contribution in [2.75, 3.05) is 24.2 Å². The molecule has 3 amide bonds. The number of benzene rings is 2. The molecule has 2 aromatic carbocycles. The van der Waals surface area contributed by atoms with E-state index in [0.717, 1.165) is 25.8 Å². The molecule has 3 N–H and O–H groups in total. The van der Waals surface area contributed by atoms with Gasteiger partial charge in [0.05, 0.1) is 4.90 Å². The van der Waals surface area contributed by atoms with Crippen molar-refractivity contribution in [2.45, 2.75) is 36.6 Å². The minimum atomic E-state index is -3.87. The highest BCUT2D eigenvalue weighted by Crippen LogP contribution is 2.21. The number of anilines is 2. The Bertz CT molecular complexity index is 1160. The van der Waals surface area contributed by atoms with Crippen molar-refractivity contribution >= 4 is 39.2 Å². The predicted molar refractivity (Wildman–Crippen MR) is 122 cm³/mol. The highest BCUT2D eigenvalue weighted by atomic mass is 32.2. The molecule has 1 saturated carbocycles. The summed E-state index contributed by atoms with van der Waals surface area (Å²) in [6.07, 6.45) is 3.50. The summed E-state index contributed by atoms with van der Waals surface area (Å²) in [6, 6.07) is 12.5. The summed E-state index contributed by atoms with van der Waals surface area (Å²) in [7, 11) is -2.05. The molecule has 9 nitrogen and oxygen atoms in total. The Morgan fingerprint density at radius 3 is 2.44 bits per heavy atom. The van der Waals surface area contributed by atoms with E-state index in [9.17, 15) is 18.0 Å². The Morgan fingerprint density at radius 2 is 1.78 bits per heavy atom. The maximum Gasteiger partial charge on any atom is 0.319 e. The second-order valence-corrected chi connectivity index (χ2v) is 9.54. The molecule has 2 fully saturated rings. The van der Waals surface area contributed by atoms with Gasteiger partial charge in [-0.2, -0.15) is 8.42 Å². The Kier molecular flexibility index (Phi) is 6.13. The van der Waals surface area contributed by atoms with E-state index in [2.05, 4.69) is 20.3 Å². The number of nitrogens with zero attached hydrogens (tertiary/aromatic N) is 2. The Balaban J connectivity index is 1.41. The third-order valence-electron chi connectivity index (χ3n) is 5.27. The lowest BCUT2D eigenvalue weighted by molar-refractivity contribution is 0.102. The first kappa shape index (κ1) is 21.8. The lowest BCUT2D eigenvalue weighted by atomic mass is 10.2. The Labute approximate surface area is 187 Å². The number of rotatable bonds is 6. The van der Waals surface area contributed by atoms with Gasteiger partial charge in [-0.25, -0.2) is 4.79 Å². The van der Waals surface area contributed by atoms with Crippen molar-refractivity contribution in [2.24, 2.45) is 4.40 Å². The predicted octanol–water partition coefficient (Wildman–Crippen LogP) is 3.04. The Morgan fingerprint density at radius 1 is 1.03 bits per heavy atom. The van der Waals surface area contributed by atoms with Gasteiger partial charge in [-0.05, 0) is 61.7 Å². The van der Waals surface area contributed by atoms with Crippen LogP contribution in [-0.2, 0) is 10.0 Å². The minimum absolute atomic E-state index is 0.0179. The molecule has 0 spiro atoms. The molecule has 2 aromatic rings. The highest BCUT2D eigenvalue weighted by Gasteiger charge is 2.23. The number of hydrogen-bond donors (Lipinski definition) is 3. The smallest absolute Gasteiger partial charge is 0.319 e. The summed E-state index contributed by atoms with van der Waals surface area (Å²) in [5.74, 6) is 0.148. The van der Waals surface area contributed by atoms with Crippen LogP contribution >= 0.6 is 0 Å². The van der Waals surface area contributed by atoms with Gasteiger partial charge in [-0.1, -0.05) is 6.07 Å². The van der Waals surface area contributed by atoms with Crippen molar-refractivity contribution < 1.29 is 18.0 Å². The van der Waals surface area contributed by atoms with Crippen LogP contribution in [0.5, 0.6) is 0 Å². The number of carbonyl (C=O) groups is 2. The summed E-state index contributed by atoms with van der Waals surface area (Å²) >= 11 is 0. The molecule has 168 valence electrons. The molecule has 1 saturated heterocycles. The minimum Gasteiger partial charge on any atom is -0.362 e. The normalized spacial score (nSPS) is 17.3. The summed E-state index contributed by atoms with van der Waals surface area (Å²) in [5.41, 5.74) is 1.30. The second kappa shape index (κ2) is 8.99. The molecule has 32 heavy (non-hydrogen) atoms. The van der Waals surface area contributed by atoms with Crippen molar-refractivity contribution in [3.63, 3.8) is 0 Å². The Hall–Kier alpha value is -3.40.